The lowest BCUT2D eigenvalue weighted by atomic mass is 9.99. The third kappa shape index (κ3) is 5.74. The molecule has 20 heavy (non-hydrogen) atoms. The molecule has 0 radical (unpaired) electrons. The van der Waals surface area contributed by atoms with E-state index in [9.17, 15) is 4.79 Å². The zero-order chi connectivity index (χ0) is 15.0. The van der Waals surface area contributed by atoms with Crippen molar-refractivity contribution in [3.05, 3.63) is 35.9 Å². The molecule has 0 bridgehead atoms. The topological polar surface area (TPSA) is 38.3 Å². The molecule has 3 nitrogen and oxygen atoms in total. The van der Waals surface area contributed by atoms with Crippen LogP contribution in [0.5, 0.6) is 0 Å². The van der Waals surface area contributed by atoms with E-state index in [-0.39, 0.29) is 17.4 Å². The fourth-order valence-electron chi connectivity index (χ4n) is 2.13. The third-order valence-corrected chi connectivity index (χ3v) is 3.39. The van der Waals surface area contributed by atoms with Crippen LogP contribution >= 0.6 is 0 Å². The van der Waals surface area contributed by atoms with Crippen LogP contribution in [-0.2, 0) is 16.1 Å². The zero-order valence-corrected chi connectivity index (χ0v) is 13.1. The largest absolute Gasteiger partial charge is 0.374 e. The number of benzene rings is 1. The van der Waals surface area contributed by atoms with Gasteiger partial charge in [-0.05, 0) is 32.3 Å². The molecule has 0 heterocycles. The minimum atomic E-state index is -0.339. The van der Waals surface area contributed by atoms with Gasteiger partial charge >= 0.3 is 0 Å². The SMILES string of the molecule is CCC(CC)C(=O)NC(C)(C)COCc1ccccc1. The molecule has 1 rings (SSSR count). The summed E-state index contributed by atoms with van der Waals surface area (Å²) in [6.45, 7) is 9.18. The second-order valence-electron chi connectivity index (χ2n) is 5.86. The summed E-state index contributed by atoms with van der Waals surface area (Å²) < 4.78 is 5.72. The molecule has 0 spiro atoms. The van der Waals surface area contributed by atoms with Gasteiger partial charge in [-0.2, -0.15) is 0 Å². The molecule has 1 amide bonds. The van der Waals surface area contributed by atoms with Crippen LogP contribution in [0.25, 0.3) is 0 Å². The summed E-state index contributed by atoms with van der Waals surface area (Å²) in [7, 11) is 0. The molecule has 112 valence electrons. The van der Waals surface area contributed by atoms with Gasteiger partial charge in [0.15, 0.2) is 0 Å². The van der Waals surface area contributed by atoms with Gasteiger partial charge in [0.25, 0.3) is 0 Å². The minimum Gasteiger partial charge on any atom is -0.374 e. The van der Waals surface area contributed by atoms with Gasteiger partial charge in [0.2, 0.25) is 5.91 Å². The summed E-state index contributed by atoms with van der Waals surface area (Å²) in [6, 6.07) is 10.1. The van der Waals surface area contributed by atoms with Gasteiger partial charge in [0.1, 0.15) is 0 Å². The van der Waals surface area contributed by atoms with Crippen molar-refractivity contribution in [2.75, 3.05) is 6.61 Å². The smallest absolute Gasteiger partial charge is 0.223 e. The first-order chi connectivity index (χ1) is 9.48. The van der Waals surface area contributed by atoms with Gasteiger partial charge in [-0.25, -0.2) is 0 Å². The molecule has 0 saturated heterocycles. The number of hydrogen-bond acceptors (Lipinski definition) is 2. The Labute approximate surface area is 122 Å². The summed E-state index contributed by atoms with van der Waals surface area (Å²) in [4.78, 5) is 12.1. The fourth-order valence-corrected chi connectivity index (χ4v) is 2.13. The van der Waals surface area contributed by atoms with Crippen molar-refractivity contribution >= 4 is 5.91 Å². The highest BCUT2D eigenvalue weighted by Crippen LogP contribution is 2.12. The number of nitrogens with one attached hydrogen (secondary N) is 1. The quantitative estimate of drug-likeness (QED) is 0.789. The van der Waals surface area contributed by atoms with Crippen molar-refractivity contribution in [1.82, 2.24) is 5.32 Å². The minimum absolute atomic E-state index is 0.100. The van der Waals surface area contributed by atoms with E-state index in [4.69, 9.17) is 4.74 Å². The van der Waals surface area contributed by atoms with E-state index in [0.717, 1.165) is 18.4 Å². The van der Waals surface area contributed by atoms with E-state index in [1.807, 2.05) is 58.0 Å². The Kier molecular flexibility index (Phi) is 6.73. The molecule has 0 unspecified atom stereocenters. The predicted molar refractivity (Wildman–Crippen MR) is 82.4 cm³/mol. The molecule has 0 fully saturated rings. The highest BCUT2D eigenvalue weighted by atomic mass is 16.5. The Morgan fingerprint density at radius 1 is 1.20 bits per heavy atom. The second-order valence-corrected chi connectivity index (χ2v) is 5.86. The van der Waals surface area contributed by atoms with E-state index < -0.39 is 0 Å². The zero-order valence-electron chi connectivity index (χ0n) is 13.1. The van der Waals surface area contributed by atoms with E-state index in [1.54, 1.807) is 0 Å². The molecule has 0 saturated carbocycles. The molecule has 0 aliphatic rings. The van der Waals surface area contributed by atoms with E-state index in [1.165, 1.54) is 0 Å². The molecule has 3 heteroatoms. The number of rotatable bonds is 8. The van der Waals surface area contributed by atoms with Crippen molar-refractivity contribution in [2.45, 2.75) is 52.7 Å². The first-order valence-electron chi connectivity index (χ1n) is 7.42. The standard InChI is InChI=1S/C17H27NO2/c1-5-15(6-2)16(19)18-17(3,4)13-20-12-14-10-8-7-9-11-14/h7-11,15H,5-6,12-13H2,1-4H3,(H,18,19). The number of carbonyl (C=O) groups is 1. The molecule has 1 N–H and O–H groups in total. The number of ether oxygens (including phenoxy) is 1. The summed E-state index contributed by atoms with van der Waals surface area (Å²) in [6.07, 6.45) is 1.76. The normalized spacial score (nSPS) is 11.7. The Morgan fingerprint density at radius 3 is 2.35 bits per heavy atom. The number of hydrogen-bond donors (Lipinski definition) is 1. The summed E-state index contributed by atoms with van der Waals surface area (Å²) >= 11 is 0. The van der Waals surface area contributed by atoms with Crippen LogP contribution < -0.4 is 5.32 Å². The molecule has 0 atom stereocenters. The van der Waals surface area contributed by atoms with Crippen molar-refractivity contribution < 1.29 is 9.53 Å². The van der Waals surface area contributed by atoms with Gasteiger partial charge in [0.05, 0.1) is 18.8 Å². The van der Waals surface area contributed by atoms with Gasteiger partial charge in [-0.3, -0.25) is 4.79 Å². The monoisotopic (exact) mass is 277 g/mol. The van der Waals surface area contributed by atoms with Crippen LogP contribution in [-0.4, -0.2) is 18.1 Å². The maximum atomic E-state index is 12.1. The fraction of sp³-hybridized carbons (Fsp3) is 0.588. The second kappa shape index (κ2) is 8.05. The molecule has 1 aromatic rings. The van der Waals surface area contributed by atoms with E-state index >= 15 is 0 Å². The summed E-state index contributed by atoms with van der Waals surface area (Å²) in [5.41, 5.74) is 0.809. The molecular formula is C17H27NO2. The average Bonchev–Trinajstić information content (AvgIpc) is 2.40. The van der Waals surface area contributed by atoms with E-state index in [0.29, 0.717) is 13.2 Å². The van der Waals surface area contributed by atoms with Crippen molar-refractivity contribution in [3.63, 3.8) is 0 Å². The Bertz CT molecular complexity index is 397. The third-order valence-electron chi connectivity index (χ3n) is 3.39. The maximum absolute atomic E-state index is 12.1. The lowest BCUT2D eigenvalue weighted by Crippen LogP contribution is -2.49. The maximum Gasteiger partial charge on any atom is 0.223 e. The van der Waals surface area contributed by atoms with Gasteiger partial charge < -0.3 is 10.1 Å². The highest BCUT2D eigenvalue weighted by molar-refractivity contribution is 5.79. The summed E-state index contributed by atoms with van der Waals surface area (Å²) in [5, 5.41) is 3.08. The van der Waals surface area contributed by atoms with Gasteiger partial charge in [0, 0.05) is 5.92 Å². The van der Waals surface area contributed by atoms with Gasteiger partial charge in [-0.15, -0.1) is 0 Å². The van der Waals surface area contributed by atoms with Crippen LogP contribution in [0.4, 0.5) is 0 Å². The van der Waals surface area contributed by atoms with Crippen LogP contribution in [0, 0.1) is 5.92 Å². The Balaban J connectivity index is 2.39. The van der Waals surface area contributed by atoms with Crippen molar-refractivity contribution in [3.8, 4) is 0 Å². The Hall–Kier alpha value is -1.35. The lowest BCUT2D eigenvalue weighted by molar-refractivity contribution is -0.127. The summed E-state index contributed by atoms with van der Waals surface area (Å²) in [5.74, 6) is 0.228. The van der Waals surface area contributed by atoms with Crippen LogP contribution in [0.2, 0.25) is 0 Å². The lowest BCUT2D eigenvalue weighted by Gasteiger charge is -2.28. The molecule has 1 aromatic carbocycles. The van der Waals surface area contributed by atoms with Crippen LogP contribution in [0.1, 0.15) is 46.1 Å². The molecule has 0 aromatic heterocycles. The van der Waals surface area contributed by atoms with E-state index in [2.05, 4.69) is 5.32 Å². The molecular weight excluding hydrogens is 250 g/mol. The van der Waals surface area contributed by atoms with Crippen LogP contribution in [0.3, 0.4) is 0 Å². The number of carbonyl (C=O) groups excluding carboxylic acids is 1. The van der Waals surface area contributed by atoms with Gasteiger partial charge in [-0.1, -0.05) is 44.2 Å². The molecule has 0 aliphatic carbocycles. The average molecular weight is 277 g/mol. The molecule has 0 aliphatic heterocycles. The predicted octanol–water partition coefficient (Wildman–Crippen LogP) is 3.53. The number of amides is 1. The highest BCUT2D eigenvalue weighted by Gasteiger charge is 2.24. The van der Waals surface area contributed by atoms with Crippen molar-refractivity contribution in [1.29, 1.82) is 0 Å². The first kappa shape index (κ1) is 16.7. The Morgan fingerprint density at radius 2 is 1.80 bits per heavy atom. The van der Waals surface area contributed by atoms with Crippen molar-refractivity contribution in [2.24, 2.45) is 5.92 Å². The van der Waals surface area contributed by atoms with Crippen LogP contribution in [0.15, 0.2) is 30.3 Å². The first-order valence-corrected chi connectivity index (χ1v) is 7.42.